The average molecular weight is 949 g/mol. The summed E-state index contributed by atoms with van der Waals surface area (Å²) in [7, 11) is 0. The molecule has 3 aromatic heterocycles. The number of nitrogens with one attached hydrogen (secondary N) is 1. The Bertz CT molecular complexity index is 4260. The van der Waals surface area contributed by atoms with Crippen molar-refractivity contribution in [1.29, 1.82) is 0 Å². The molecule has 1 aliphatic heterocycles. The van der Waals surface area contributed by atoms with Crippen LogP contribution >= 0.6 is 0 Å². The lowest BCUT2D eigenvalue weighted by Gasteiger charge is -2.25. The zero-order chi connectivity index (χ0) is 49.0. The Morgan fingerprint density at radius 2 is 0.865 bits per heavy atom. The predicted octanol–water partition coefficient (Wildman–Crippen LogP) is 15.2. The number of hydrogen-bond donors (Lipinski definition) is 1. The molecule has 74 heavy (non-hydrogen) atoms. The third kappa shape index (κ3) is 7.35. The van der Waals surface area contributed by atoms with Gasteiger partial charge in [-0.15, -0.1) is 0 Å². The molecule has 1 N–H and O–H groups in total. The first kappa shape index (κ1) is 42.8. The minimum Gasteiger partial charge on any atom is -0.344 e. The van der Waals surface area contributed by atoms with Crippen LogP contribution in [0.5, 0.6) is 0 Å². The summed E-state index contributed by atoms with van der Waals surface area (Å²) in [6, 6.07) is 88.7. The minimum atomic E-state index is -0.499. The summed E-state index contributed by atoms with van der Waals surface area (Å²) in [5.74, 6) is 3.01. The minimum absolute atomic E-state index is 0.499. The van der Waals surface area contributed by atoms with Gasteiger partial charge in [0.2, 0.25) is 0 Å². The van der Waals surface area contributed by atoms with Crippen molar-refractivity contribution in [2.45, 2.75) is 6.17 Å². The van der Waals surface area contributed by atoms with Crippen molar-refractivity contribution in [1.82, 2.24) is 29.4 Å². The Morgan fingerprint density at radius 3 is 1.53 bits per heavy atom. The molecule has 4 heterocycles. The molecule has 8 heteroatoms. The lowest BCUT2D eigenvalue weighted by molar-refractivity contribution is 0.680. The van der Waals surface area contributed by atoms with Gasteiger partial charge in [-0.1, -0.05) is 206 Å². The Labute approximate surface area is 427 Å². The molecular weight excluding hydrogens is 905 g/mol. The lowest BCUT2D eigenvalue weighted by atomic mass is 9.94. The number of amidine groups is 2. The number of hydrogen-bond acceptors (Lipinski definition) is 6. The first-order chi connectivity index (χ1) is 36.7. The number of benzene rings is 10. The van der Waals surface area contributed by atoms with E-state index in [1.807, 2.05) is 78.9 Å². The van der Waals surface area contributed by atoms with E-state index in [1.165, 1.54) is 5.39 Å². The van der Waals surface area contributed by atoms with Crippen molar-refractivity contribution >= 4 is 55.3 Å². The Hall–Kier alpha value is -10.1. The maximum absolute atomic E-state index is 5.44. The van der Waals surface area contributed by atoms with Crippen LogP contribution in [0.3, 0.4) is 0 Å². The Morgan fingerprint density at radius 1 is 0.351 bits per heavy atom. The third-order valence-electron chi connectivity index (χ3n) is 14.0. The van der Waals surface area contributed by atoms with E-state index in [0.29, 0.717) is 29.1 Å². The standard InChI is InChI=1S/C66H44N8/c1-6-22-43(23-7-1)61-67-62(44-24-8-2-9-25-44)71-66(70-61)55-42-46(40-41-49(55)51-34-20-35-52-50-32-16-18-37-56(50)74(60(51)52)48-30-14-5-15-31-48)64-68-63(45-26-10-3-11-27-45)69-65(72-64)54-36-21-39-58-59(54)53-33-17-19-38-57(53)73(58)47-28-12-4-13-29-47/h1-42,65H,(H,68,69,72). The largest absolute Gasteiger partial charge is 0.344 e. The van der Waals surface area contributed by atoms with Crippen LogP contribution in [0, 0.1) is 0 Å². The van der Waals surface area contributed by atoms with E-state index in [0.717, 1.165) is 94.1 Å². The van der Waals surface area contributed by atoms with Gasteiger partial charge in [0.1, 0.15) is 12.0 Å². The second kappa shape index (κ2) is 18.0. The smallest absolute Gasteiger partial charge is 0.164 e. The molecule has 0 aliphatic carbocycles. The van der Waals surface area contributed by atoms with E-state index in [4.69, 9.17) is 24.9 Å². The van der Waals surface area contributed by atoms with Gasteiger partial charge in [-0.2, -0.15) is 0 Å². The van der Waals surface area contributed by atoms with Crippen LogP contribution in [-0.2, 0) is 0 Å². The molecule has 13 aromatic rings. The van der Waals surface area contributed by atoms with E-state index in [1.54, 1.807) is 0 Å². The summed E-state index contributed by atoms with van der Waals surface area (Å²) < 4.78 is 4.73. The van der Waals surface area contributed by atoms with Crippen molar-refractivity contribution in [2.75, 3.05) is 0 Å². The van der Waals surface area contributed by atoms with Gasteiger partial charge in [-0.25, -0.2) is 24.9 Å². The van der Waals surface area contributed by atoms with Gasteiger partial charge in [-0.3, -0.25) is 0 Å². The number of aromatic nitrogens is 5. The quantitative estimate of drug-likeness (QED) is 0.156. The molecule has 0 bridgehead atoms. The summed E-state index contributed by atoms with van der Waals surface area (Å²) in [6.07, 6.45) is -0.499. The highest BCUT2D eigenvalue weighted by Gasteiger charge is 2.27. The highest BCUT2D eigenvalue weighted by molar-refractivity contribution is 6.17. The second-order valence-corrected chi connectivity index (χ2v) is 18.4. The molecule has 0 saturated heterocycles. The molecule has 1 unspecified atom stereocenters. The SMILES string of the molecule is c1ccc(C2=NC(c3cccc4c3c3ccccc3n4-c3ccccc3)NC(c3ccc(-c4cccc5c6ccccc6n(-c6ccccc6)c45)c(-c4nc(-c5ccccc5)nc(-c5ccccc5)n4)c3)=N2)cc1. The normalized spacial score (nSPS) is 13.5. The zero-order valence-corrected chi connectivity index (χ0v) is 40.0. The fourth-order valence-corrected chi connectivity index (χ4v) is 10.7. The molecule has 0 saturated carbocycles. The van der Waals surface area contributed by atoms with Crippen molar-refractivity contribution in [3.63, 3.8) is 0 Å². The number of aliphatic imine (C=N–C) groups is 2. The van der Waals surface area contributed by atoms with Crippen molar-refractivity contribution in [2.24, 2.45) is 9.98 Å². The van der Waals surface area contributed by atoms with Gasteiger partial charge in [0.05, 0.1) is 22.1 Å². The first-order valence-electron chi connectivity index (χ1n) is 24.9. The van der Waals surface area contributed by atoms with Crippen LogP contribution in [0.2, 0.25) is 0 Å². The number of nitrogens with zero attached hydrogens (tertiary/aromatic N) is 7. The van der Waals surface area contributed by atoms with Crippen LogP contribution in [0.25, 0.3) is 100 Å². The summed E-state index contributed by atoms with van der Waals surface area (Å²) in [6.45, 7) is 0. The maximum atomic E-state index is 5.44. The van der Waals surface area contributed by atoms with Gasteiger partial charge < -0.3 is 14.5 Å². The first-order valence-corrected chi connectivity index (χ1v) is 24.9. The molecule has 348 valence electrons. The predicted molar refractivity (Wildman–Crippen MR) is 302 cm³/mol. The molecule has 0 radical (unpaired) electrons. The fourth-order valence-electron chi connectivity index (χ4n) is 10.7. The van der Waals surface area contributed by atoms with E-state index in [2.05, 4.69) is 190 Å². The Balaban J connectivity index is 1.01. The Kier molecular flexibility index (Phi) is 10.4. The maximum Gasteiger partial charge on any atom is 0.164 e. The van der Waals surface area contributed by atoms with Crippen LogP contribution in [0.1, 0.15) is 22.9 Å². The zero-order valence-electron chi connectivity index (χ0n) is 40.0. The monoisotopic (exact) mass is 948 g/mol. The summed E-state index contributed by atoms with van der Waals surface area (Å²) in [4.78, 5) is 26.7. The summed E-state index contributed by atoms with van der Waals surface area (Å²) in [5, 5.41) is 8.48. The number of fused-ring (bicyclic) bond motifs is 6. The highest BCUT2D eigenvalue weighted by Crippen LogP contribution is 2.43. The molecule has 1 atom stereocenters. The molecular formula is C66H44N8. The van der Waals surface area contributed by atoms with Gasteiger partial charge in [-0.05, 0) is 54.1 Å². The van der Waals surface area contributed by atoms with Crippen LogP contribution in [-0.4, -0.2) is 35.8 Å². The van der Waals surface area contributed by atoms with Crippen LogP contribution in [0.15, 0.2) is 265 Å². The molecule has 0 fully saturated rings. The van der Waals surface area contributed by atoms with Crippen molar-refractivity contribution in [3.05, 3.63) is 271 Å². The summed E-state index contributed by atoms with van der Waals surface area (Å²) in [5.41, 5.74) is 14.0. The van der Waals surface area contributed by atoms with Crippen LogP contribution in [0.4, 0.5) is 0 Å². The highest BCUT2D eigenvalue weighted by atomic mass is 15.2. The lowest BCUT2D eigenvalue weighted by Crippen LogP contribution is -2.33. The van der Waals surface area contributed by atoms with E-state index in [-0.39, 0.29) is 0 Å². The van der Waals surface area contributed by atoms with Gasteiger partial charge in [0.25, 0.3) is 0 Å². The van der Waals surface area contributed by atoms with Crippen molar-refractivity contribution < 1.29 is 0 Å². The van der Waals surface area contributed by atoms with Crippen molar-refractivity contribution in [3.8, 4) is 56.7 Å². The molecule has 8 nitrogen and oxygen atoms in total. The topological polar surface area (TPSA) is 85.3 Å². The molecule has 10 aromatic carbocycles. The number of para-hydroxylation sites is 5. The van der Waals surface area contributed by atoms with Gasteiger partial charge in [0.15, 0.2) is 23.3 Å². The molecule has 0 spiro atoms. The van der Waals surface area contributed by atoms with Gasteiger partial charge >= 0.3 is 0 Å². The molecule has 14 rings (SSSR count). The van der Waals surface area contributed by atoms with Gasteiger partial charge in [0, 0.05) is 71.9 Å². The number of rotatable bonds is 9. The van der Waals surface area contributed by atoms with E-state index in [9.17, 15) is 0 Å². The fraction of sp³-hybridized carbons (Fsp3) is 0.0152. The van der Waals surface area contributed by atoms with Crippen LogP contribution < -0.4 is 5.32 Å². The molecule has 1 aliphatic rings. The third-order valence-corrected chi connectivity index (χ3v) is 14.0. The average Bonchev–Trinajstić information content (AvgIpc) is 4.02. The van der Waals surface area contributed by atoms with E-state index >= 15 is 0 Å². The molecule has 0 amide bonds. The van der Waals surface area contributed by atoms with E-state index < -0.39 is 6.17 Å². The second-order valence-electron chi connectivity index (χ2n) is 18.4. The summed E-state index contributed by atoms with van der Waals surface area (Å²) >= 11 is 0.